The second-order valence-electron chi connectivity index (χ2n) is 3.77. The third-order valence-electron chi connectivity index (χ3n) is 2.45. The molecule has 98 valence electrons. The minimum atomic E-state index is -0.448. The first kappa shape index (κ1) is 13.9. The molecule has 6 heteroatoms. The summed E-state index contributed by atoms with van der Waals surface area (Å²) in [7, 11) is 0. The Morgan fingerprint density at radius 1 is 1.21 bits per heavy atom. The second-order valence-corrected chi connectivity index (χ2v) is 5.33. The Balaban J connectivity index is 2.29. The third kappa shape index (κ3) is 3.47. The minimum absolute atomic E-state index is 0.0104. The van der Waals surface area contributed by atoms with Crippen molar-refractivity contribution in [2.75, 3.05) is 0 Å². The quantitative estimate of drug-likeness (QED) is 0.686. The number of hydrogen-bond acceptors (Lipinski definition) is 4. The SMILES string of the molecule is O=[N+]([O-])c1cc(Cl)ccc1Sc1ccc(CO)cc1. The van der Waals surface area contributed by atoms with E-state index in [4.69, 9.17) is 16.7 Å². The summed E-state index contributed by atoms with van der Waals surface area (Å²) in [6.07, 6.45) is 0. The van der Waals surface area contributed by atoms with Crippen LogP contribution in [0.2, 0.25) is 5.02 Å². The van der Waals surface area contributed by atoms with Crippen LogP contribution in [0.1, 0.15) is 5.56 Å². The van der Waals surface area contributed by atoms with Gasteiger partial charge in [-0.3, -0.25) is 10.1 Å². The topological polar surface area (TPSA) is 63.4 Å². The van der Waals surface area contributed by atoms with Gasteiger partial charge in [-0.1, -0.05) is 35.5 Å². The van der Waals surface area contributed by atoms with Gasteiger partial charge in [-0.25, -0.2) is 0 Å². The van der Waals surface area contributed by atoms with Crippen LogP contribution in [-0.4, -0.2) is 10.0 Å². The maximum absolute atomic E-state index is 11.0. The fraction of sp³-hybridized carbons (Fsp3) is 0.0769. The summed E-state index contributed by atoms with van der Waals surface area (Å²) in [4.78, 5) is 11.9. The molecule has 0 unspecified atom stereocenters. The van der Waals surface area contributed by atoms with Gasteiger partial charge in [0.05, 0.1) is 16.4 Å². The summed E-state index contributed by atoms with van der Waals surface area (Å²) in [5.74, 6) is 0. The third-order valence-corrected chi connectivity index (χ3v) is 3.76. The zero-order valence-corrected chi connectivity index (χ0v) is 11.3. The highest BCUT2D eigenvalue weighted by molar-refractivity contribution is 7.99. The van der Waals surface area contributed by atoms with E-state index in [-0.39, 0.29) is 12.3 Å². The molecular weight excluding hydrogens is 286 g/mol. The normalized spacial score (nSPS) is 10.4. The summed E-state index contributed by atoms with van der Waals surface area (Å²) in [6.45, 7) is -0.0218. The standard InChI is InChI=1S/C13H10ClNO3S/c14-10-3-6-13(12(7-10)15(17)18)19-11-4-1-9(8-16)2-5-11/h1-7,16H,8H2. The molecule has 0 saturated carbocycles. The molecule has 1 N–H and O–H groups in total. The van der Waals surface area contributed by atoms with Crippen molar-refractivity contribution in [3.8, 4) is 0 Å². The van der Waals surface area contributed by atoms with Crippen molar-refractivity contribution in [3.05, 3.63) is 63.2 Å². The van der Waals surface area contributed by atoms with Crippen molar-refractivity contribution in [2.24, 2.45) is 0 Å². The number of nitro groups is 1. The van der Waals surface area contributed by atoms with Gasteiger partial charge in [0.1, 0.15) is 0 Å². The van der Waals surface area contributed by atoms with Crippen molar-refractivity contribution in [3.63, 3.8) is 0 Å². The fourth-order valence-electron chi connectivity index (χ4n) is 1.51. The van der Waals surface area contributed by atoms with Crippen LogP contribution >= 0.6 is 23.4 Å². The number of halogens is 1. The molecule has 2 aromatic carbocycles. The Morgan fingerprint density at radius 3 is 2.47 bits per heavy atom. The van der Waals surface area contributed by atoms with Gasteiger partial charge in [-0.15, -0.1) is 0 Å². The molecule has 2 rings (SSSR count). The maximum atomic E-state index is 11.0. The zero-order chi connectivity index (χ0) is 13.8. The monoisotopic (exact) mass is 295 g/mol. The number of nitrogens with zero attached hydrogens (tertiary/aromatic N) is 1. The number of aliphatic hydroxyl groups is 1. The number of nitro benzene ring substituents is 1. The van der Waals surface area contributed by atoms with E-state index in [1.165, 1.54) is 17.8 Å². The average Bonchev–Trinajstić information content (AvgIpc) is 2.41. The number of hydrogen-bond donors (Lipinski definition) is 1. The molecule has 0 bridgehead atoms. The van der Waals surface area contributed by atoms with Gasteiger partial charge in [0.2, 0.25) is 0 Å². The van der Waals surface area contributed by atoms with E-state index in [2.05, 4.69) is 0 Å². The molecule has 0 saturated heterocycles. The summed E-state index contributed by atoms with van der Waals surface area (Å²) in [6, 6.07) is 11.8. The van der Waals surface area contributed by atoms with E-state index in [1.807, 2.05) is 12.1 Å². The molecule has 4 nitrogen and oxygen atoms in total. The molecule has 0 spiro atoms. The molecular formula is C13H10ClNO3S. The van der Waals surface area contributed by atoms with Gasteiger partial charge in [-0.05, 0) is 29.8 Å². The van der Waals surface area contributed by atoms with Gasteiger partial charge < -0.3 is 5.11 Å². The van der Waals surface area contributed by atoms with E-state index < -0.39 is 4.92 Å². The molecule has 0 fully saturated rings. The van der Waals surface area contributed by atoms with Crippen molar-refractivity contribution < 1.29 is 10.0 Å². The molecule has 0 aromatic heterocycles. The van der Waals surface area contributed by atoms with E-state index in [1.54, 1.807) is 24.3 Å². The van der Waals surface area contributed by atoms with Gasteiger partial charge in [-0.2, -0.15) is 0 Å². The van der Waals surface area contributed by atoms with E-state index in [0.717, 1.165) is 10.5 Å². The first-order valence-electron chi connectivity index (χ1n) is 5.42. The lowest BCUT2D eigenvalue weighted by atomic mass is 10.2. The van der Waals surface area contributed by atoms with Crippen molar-refractivity contribution >= 4 is 29.1 Å². The van der Waals surface area contributed by atoms with Crippen LogP contribution in [0.3, 0.4) is 0 Å². The van der Waals surface area contributed by atoms with Crippen LogP contribution in [0.25, 0.3) is 0 Å². The average molecular weight is 296 g/mol. The summed E-state index contributed by atoms with van der Waals surface area (Å²) < 4.78 is 0. The highest BCUT2D eigenvalue weighted by atomic mass is 35.5. The summed E-state index contributed by atoms with van der Waals surface area (Å²) in [5, 5.41) is 20.3. The van der Waals surface area contributed by atoms with Crippen molar-refractivity contribution in [2.45, 2.75) is 16.4 Å². The zero-order valence-electron chi connectivity index (χ0n) is 9.75. The van der Waals surface area contributed by atoms with E-state index >= 15 is 0 Å². The molecule has 19 heavy (non-hydrogen) atoms. The van der Waals surface area contributed by atoms with Gasteiger partial charge in [0, 0.05) is 16.0 Å². The predicted octanol–water partition coefficient (Wildman–Crippen LogP) is 3.89. The predicted molar refractivity (Wildman–Crippen MR) is 74.6 cm³/mol. The Morgan fingerprint density at radius 2 is 1.89 bits per heavy atom. The molecule has 0 aliphatic rings. The molecule has 0 aliphatic carbocycles. The Kier molecular flexibility index (Phi) is 4.42. The largest absolute Gasteiger partial charge is 0.392 e. The Hall–Kier alpha value is -1.56. The molecule has 0 atom stereocenters. The van der Waals surface area contributed by atoms with Gasteiger partial charge in [0.25, 0.3) is 5.69 Å². The number of rotatable bonds is 4. The highest BCUT2D eigenvalue weighted by Gasteiger charge is 2.15. The van der Waals surface area contributed by atoms with Crippen LogP contribution in [0.15, 0.2) is 52.3 Å². The fourth-order valence-corrected chi connectivity index (χ4v) is 2.58. The summed E-state index contributed by atoms with van der Waals surface area (Å²) >= 11 is 7.05. The van der Waals surface area contributed by atoms with Gasteiger partial charge in [0.15, 0.2) is 0 Å². The van der Waals surface area contributed by atoms with Crippen LogP contribution in [-0.2, 0) is 6.61 Å². The van der Waals surface area contributed by atoms with Gasteiger partial charge >= 0.3 is 0 Å². The minimum Gasteiger partial charge on any atom is -0.392 e. The lowest BCUT2D eigenvalue weighted by Crippen LogP contribution is -1.90. The van der Waals surface area contributed by atoms with Crippen LogP contribution in [0.5, 0.6) is 0 Å². The Bertz CT molecular complexity index is 601. The molecule has 0 amide bonds. The number of aliphatic hydroxyl groups excluding tert-OH is 1. The molecule has 0 radical (unpaired) electrons. The van der Waals surface area contributed by atoms with Crippen molar-refractivity contribution in [1.29, 1.82) is 0 Å². The first-order chi connectivity index (χ1) is 9.10. The maximum Gasteiger partial charge on any atom is 0.284 e. The number of benzene rings is 2. The second kappa shape index (κ2) is 6.06. The molecule has 2 aromatic rings. The van der Waals surface area contributed by atoms with Crippen LogP contribution < -0.4 is 0 Å². The molecule has 0 aliphatic heterocycles. The van der Waals surface area contributed by atoms with E-state index in [0.29, 0.717) is 9.92 Å². The van der Waals surface area contributed by atoms with Crippen LogP contribution in [0, 0.1) is 10.1 Å². The van der Waals surface area contributed by atoms with Crippen molar-refractivity contribution in [1.82, 2.24) is 0 Å². The van der Waals surface area contributed by atoms with Crippen LogP contribution in [0.4, 0.5) is 5.69 Å². The summed E-state index contributed by atoms with van der Waals surface area (Å²) in [5.41, 5.74) is 0.790. The van der Waals surface area contributed by atoms with E-state index in [9.17, 15) is 10.1 Å². The lowest BCUT2D eigenvalue weighted by molar-refractivity contribution is -0.387. The lowest BCUT2D eigenvalue weighted by Gasteiger charge is -2.04. The highest BCUT2D eigenvalue weighted by Crippen LogP contribution is 2.36. The smallest absolute Gasteiger partial charge is 0.284 e. The first-order valence-corrected chi connectivity index (χ1v) is 6.61. The molecule has 0 heterocycles. The Labute approximate surface area is 119 Å².